The Balaban J connectivity index is 2.13. The maximum Gasteiger partial charge on any atom is 0.417 e. The van der Waals surface area contributed by atoms with Crippen molar-refractivity contribution in [1.29, 1.82) is 0 Å². The van der Waals surface area contributed by atoms with E-state index in [1.165, 1.54) is 18.2 Å². The molecule has 0 saturated heterocycles. The molecule has 0 aliphatic rings. The Kier molecular flexibility index (Phi) is 4.91. The normalized spacial score (nSPS) is 9.43. The number of benzene rings is 2. The lowest BCUT2D eigenvalue weighted by molar-refractivity contribution is 0.215. The van der Waals surface area contributed by atoms with E-state index in [0.717, 1.165) is 0 Å². The van der Waals surface area contributed by atoms with Crippen LogP contribution in [0.3, 0.4) is 0 Å². The molecular formula is C16H13FN2O2. The average Bonchev–Trinajstić information content (AvgIpc) is 2.48. The van der Waals surface area contributed by atoms with E-state index in [9.17, 15) is 9.18 Å². The Morgan fingerprint density at radius 2 is 2.00 bits per heavy atom. The van der Waals surface area contributed by atoms with Gasteiger partial charge < -0.3 is 10.5 Å². The van der Waals surface area contributed by atoms with Crippen LogP contribution in [0.1, 0.15) is 5.56 Å². The first-order valence-corrected chi connectivity index (χ1v) is 6.21. The Hall–Kier alpha value is -2.84. The molecule has 0 aliphatic heterocycles. The molecule has 0 atom stereocenters. The maximum atomic E-state index is 13.2. The number of hydrogen-bond acceptors (Lipinski definition) is 3. The molecule has 0 aliphatic carbocycles. The summed E-state index contributed by atoms with van der Waals surface area (Å²) in [5.41, 5.74) is 5.99. The molecular weight excluding hydrogens is 271 g/mol. The van der Waals surface area contributed by atoms with Crippen LogP contribution in [0.25, 0.3) is 0 Å². The fraction of sp³-hybridized carbons (Fsp3) is 0.0625. The number of carbonyl (C=O) groups excluding carboxylic acids is 1. The van der Waals surface area contributed by atoms with E-state index in [1.807, 2.05) is 6.07 Å². The number of ether oxygens (including phenoxy) is 1. The van der Waals surface area contributed by atoms with E-state index in [1.54, 1.807) is 24.3 Å². The minimum Gasteiger partial charge on any atom is -0.410 e. The second-order valence-electron chi connectivity index (χ2n) is 4.02. The molecule has 0 fully saturated rings. The molecule has 1 amide bonds. The van der Waals surface area contributed by atoms with Crippen molar-refractivity contribution >= 4 is 11.8 Å². The fourth-order valence-electron chi connectivity index (χ4n) is 1.61. The Morgan fingerprint density at radius 3 is 2.71 bits per heavy atom. The van der Waals surface area contributed by atoms with Gasteiger partial charge in [0.25, 0.3) is 0 Å². The summed E-state index contributed by atoms with van der Waals surface area (Å²) < 4.78 is 18.3. The summed E-state index contributed by atoms with van der Waals surface area (Å²) in [7, 11) is 0. The Labute approximate surface area is 121 Å². The monoisotopic (exact) mass is 284 g/mol. The van der Waals surface area contributed by atoms with Gasteiger partial charge in [0.2, 0.25) is 0 Å². The summed E-state index contributed by atoms with van der Waals surface area (Å²) in [6.07, 6.45) is -0.677. The van der Waals surface area contributed by atoms with Gasteiger partial charge in [0.15, 0.2) is 0 Å². The lowest BCUT2D eigenvalue weighted by Crippen LogP contribution is -2.17. The SMILES string of the molecule is NCC#Cc1cc(F)ccc1NC(=O)Oc1ccccc1. The first-order valence-electron chi connectivity index (χ1n) is 6.21. The van der Waals surface area contributed by atoms with Gasteiger partial charge >= 0.3 is 6.09 Å². The lowest BCUT2D eigenvalue weighted by Gasteiger charge is -2.08. The number of hydrogen-bond donors (Lipinski definition) is 2. The predicted molar refractivity (Wildman–Crippen MR) is 78.4 cm³/mol. The van der Waals surface area contributed by atoms with Gasteiger partial charge in [-0.3, -0.25) is 5.32 Å². The molecule has 2 rings (SSSR count). The zero-order valence-electron chi connectivity index (χ0n) is 11.1. The van der Waals surface area contributed by atoms with Crippen LogP contribution in [-0.4, -0.2) is 12.6 Å². The van der Waals surface area contributed by atoms with E-state index in [0.29, 0.717) is 17.0 Å². The fourth-order valence-corrected chi connectivity index (χ4v) is 1.61. The molecule has 0 unspecified atom stereocenters. The minimum atomic E-state index is -0.677. The van der Waals surface area contributed by atoms with Crippen LogP contribution >= 0.6 is 0 Å². The highest BCUT2D eigenvalue weighted by atomic mass is 19.1. The largest absolute Gasteiger partial charge is 0.417 e. The number of rotatable bonds is 2. The van der Waals surface area contributed by atoms with Crippen LogP contribution in [0, 0.1) is 17.7 Å². The van der Waals surface area contributed by atoms with Gasteiger partial charge in [-0.15, -0.1) is 0 Å². The molecule has 0 bridgehead atoms. The summed E-state index contributed by atoms with van der Waals surface area (Å²) in [5, 5.41) is 2.52. The Morgan fingerprint density at radius 1 is 1.24 bits per heavy atom. The molecule has 4 nitrogen and oxygen atoms in total. The Bertz CT molecular complexity index is 690. The summed E-state index contributed by atoms with van der Waals surface area (Å²) in [5.74, 6) is 5.27. The van der Waals surface area contributed by atoms with E-state index >= 15 is 0 Å². The zero-order valence-corrected chi connectivity index (χ0v) is 11.1. The second kappa shape index (κ2) is 7.08. The smallest absolute Gasteiger partial charge is 0.410 e. The quantitative estimate of drug-likeness (QED) is 0.833. The predicted octanol–water partition coefficient (Wildman–Crippen LogP) is 2.75. The van der Waals surface area contributed by atoms with Crippen LogP contribution < -0.4 is 15.8 Å². The van der Waals surface area contributed by atoms with E-state index in [4.69, 9.17) is 10.5 Å². The maximum absolute atomic E-state index is 13.2. The van der Waals surface area contributed by atoms with E-state index < -0.39 is 11.9 Å². The summed E-state index contributed by atoms with van der Waals surface area (Å²) >= 11 is 0. The third kappa shape index (κ3) is 4.34. The number of para-hydroxylation sites is 1. The summed E-state index contributed by atoms with van der Waals surface area (Å²) in [4.78, 5) is 11.8. The number of halogens is 1. The highest BCUT2D eigenvalue weighted by molar-refractivity contribution is 5.88. The standard InChI is InChI=1S/C16H13FN2O2/c17-13-8-9-15(12(11-13)5-4-10-18)19-16(20)21-14-6-2-1-3-7-14/h1-3,6-9,11H,10,18H2,(H,19,20). The average molecular weight is 284 g/mol. The van der Waals surface area contributed by atoms with Crippen molar-refractivity contribution in [3.05, 3.63) is 59.9 Å². The van der Waals surface area contributed by atoms with E-state index in [-0.39, 0.29) is 6.54 Å². The van der Waals surface area contributed by atoms with Gasteiger partial charge in [-0.25, -0.2) is 9.18 Å². The van der Waals surface area contributed by atoms with Crippen LogP contribution in [0.15, 0.2) is 48.5 Å². The minimum absolute atomic E-state index is 0.143. The molecule has 0 radical (unpaired) electrons. The lowest BCUT2D eigenvalue weighted by atomic mass is 10.2. The first kappa shape index (κ1) is 14.6. The molecule has 0 aromatic heterocycles. The van der Waals surface area contributed by atoms with Crippen molar-refractivity contribution in [3.63, 3.8) is 0 Å². The molecule has 106 valence electrons. The number of nitrogens with two attached hydrogens (primary N) is 1. The van der Waals surface area contributed by atoms with Crippen molar-refractivity contribution in [2.75, 3.05) is 11.9 Å². The molecule has 0 spiro atoms. The number of carbonyl (C=O) groups is 1. The second-order valence-corrected chi connectivity index (χ2v) is 4.02. The van der Waals surface area contributed by atoms with E-state index in [2.05, 4.69) is 17.2 Å². The third-order valence-electron chi connectivity index (χ3n) is 2.50. The van der Waals surface area contributed by atoms with Crippen LogP contribution in [-0.2, 0) is 0 Å². The summed E-state index contributed by atoms with van der Waals surface area (Å²) in [6, 6.07) is 12.5. The molecule has 5 heteroatoms. The van der Waals surface area contributed by atoms with Gasteiger partial charge in [-0.2, -0.15) is 0 Å². The topological polar surface area (TPSA) is 64.3 Å². The van der Waals surface area contributed by atoms with Crippen LogP contribution in [0.2, 0.25) is 0 Å². The van der Waals surface area contributed by atoms with Crippen molar-refractivity contribution in [1.82, 2.24) is 0 Å². The van der Waals surface area contributed by atoms with Gasteiger partial charge in [-0.1, -0.05) is 30.0 Å². The van der Waals surface area contributed by atoms with Crippen molar-refractivity contribution in [3.8, 4) is 17.6 Å². The highest BCUT2D eigenvalue weighted by Gasteiger charge is 2.08. The van der Waals surface area contributed by atoms with Crippen molar-refractivity contribution < 1.29 is 13.9 Å². The molecule has 3 N–H and O–H groups in total. The van der Waals surface area contributed by atoms with Crippen molar-refractivity contribution in [2.24, 2.45) is 5.73 Å². The van der Waals surface area contributed by atoms with Gasteiger partial charge in [0, 0.05) is 0 Å². The third-order valence-corrected chi connectivity index (χ3v) is 2.50. The highest BCUT2D eigenvalue weighted by Crippen LogP contribution is 2.17. The molecule has 21 heavy (non-hydrogen) atoms. The van der Waals surface area contributed by atoms with Crippen LogP contribution in [0.5, 0.6) is 5.75 Å². The van der Waals surface area contributed by atoms with Crippen LogP contribution in [0.4, 0.5) is 14.9 Å². The van der Waals surface area contributed by atoms with Gasteiger partial charge in [0.1, 0.15) is 11.6 Å². The van der Waals surface area contributed by atoms with Gasteiger partial charge in [0.05, 0.1) is 17.8 Å². The first-order chi connectivity index (χ1) is 10.2. The molecule has 0 saturated carbocycles. The summed E-state index contributed by atoms with van der Waals surface area (Å²) in [6.45, 7) is 0.143. The molecule has 2 aromatic carbocycles. The molecule has 2 aromatic rings. The number of nitrogens with one attached hydrogen (secondary N) is 1. The number of amides is 1. The molecule has 0 heterocycles. The van der Waals surface area contributed by atoms with Gasteiger partial charge in [-0.05, 0) is 30.3 Å². The van der Waals surface area contributed by atoms with Crippen molar-refractivity contribution in [2.45, 2.75) is 0 Å². The number of anilines is 1. The zero-order chi connectivity index (χ0) is 15.1.